The number of hydrogen-bond acceptors (Lipinski definition) is 5. The number of nitrogens with zero attached hydrogens (tertiary/aromatic N) is 2. The fourth-order valence-corrected chi connectivity index (χ4v) is 1.68. The third kappa shape index (κ3) is 2.44. The van der Waals surface area contributed by atoms with Gasteiger partial charge >= 0.3 is 0 Å². The molecule has 5 heteroatoms. The summed E-state index contributed by atoms with van der Waals surface area (Å²) in [5.74, 6) is 0.840. The Hall–Kier alpha value is -1.62. The summed E-state index contributed by atoms with van der Waals surface area (Å²) in [6.45, 7) is 0.441. The fraction of sp³-hybridized carbons (Fsp3) is 0.200. The molecule has 1 aromatic heterocycles. The zero-order valence-corrected chi connectivity index (χ0v) is 9.12. The molecule has 0 unspecified atom stereocenters. The molecule has 4 nitrogen and oxygen atoms in total. The van der Waals surface area contributed by atoms with E-state index < -0.39 is 0 Å². The topological polar surface area (TPSA) is 47.0 Å². The van der Waals surface area contributed by atoms with Crippen LogP contribution in [0.25, 0.3) is 0 Å². The van der Waals surface area contributed by atoms with Gasteiger partial charge in [0.25, 0.3) is 0 Å². The van der Waals surface area contributed by atoms with Crippen molar-refractivity contribution < 1.29 is 4.74 Å². The van der Waals surface area contributed by atoms with Gasteiger partial charge in [0.2, 0.25) is 0 Å². The van der Waals surface area contributed by atoms with Gasteiger partial charge in [-0.25, -0.2) is 0 Å². The average molecular weight is 221 g/mol. The highest BCUT2D eigenvalue weighted by molar-refractivity contribution is 7.10. The lowest BCUT2D eigenvalue weighted by molar-refractivity contribution is 0.302. The van der Waals surface area contributed by atoms with Gasteiger partial charge in [-0.2, -0.15) is 0 Å². The van der Waals surface area contributed by atoms with E-state index in [1.807, 2.05) is 37.4 Å². The Morgan fingerprint density at radius 1 is 1.33 bits per heavy atom. The summed E-state index contributed by atoms with van der Waals surface area (Å²) in [7, 11) is 1.85. The molecule has 0 aliphatic rings. The highest BCUT2D eigenvalue weighted by atomic mass is 32.1. The van der Waals surface area contributed by atoms with Crippen LogP contribution in [0.3, 0.4) is 0 Å². The van der Waals surface area contributed by atoms with Crippen LogP contribution in [0.15, 0.2) is 30.3 Å². The van der Waals surface area contributed by atoms with Crippen LogP contribution in [0.2, 0.25) is 0 Å². The van der Waals surface area contributed by atoms with Crippen LogP contribution in [-0.2, 0) is 6.61 Å². The van der Waals surface area contributed by atoms with Crippen molar-refractivity contribution in [1.29, 1.82) is 0 Å². The Labute approximate surface area is 92.1 Å². The molecule has 0 spiro atoms. The Kier molecular flexibility index (Phi) is 3.14. The maximum Gasteiger partial charge on any atom is 0.136 e. The van der Waals surface area contributed by atoms with E-state index in [9.17, 15) is 0 Å². The third-order valence-corrected chi connectivity index (χ3v) is 2.69. The molecule has 2 aromatic rings. The predicted molar refractivity (Wildman–Crippen MR) is 60.2 cm³/mol. The van der Waals surface area contributed by atoms with Crippen LogP contribution in [0.1, 0.15) is 5.69 Å². The summed E-state index contributed by atoms with van der Waals surface area (Å²) >= 11 is 1.33. The molecule has 15 heavy (non-hydrogen) atoms. The number of rotatable bonds is 4. The van der Waals surface area contributed by atoms with Gasteiger partial charge in [-0.05, 0) is 12.1 Å². The maximum absolute atomic E-state index is 5.56. The van der Waals surface area contributed by atoms with Gasteiger partial charge in [-0.15, -0.1) is 5.10 Å². The lowest BCUT2D eigenvalue weighted by Gasteiger charge is -2.04. The number of hydrogen-bond donors (Lipinski definition) is 1. The van der Waals surface area contributed by atoms with Gasteiger partial charge in [-0.1, -0.05) is 22.7 Å². The molecule has 0 bridgehead atoms. The number of benzene rings is 1. The smallest absolute Gasteiger partial charge is 0.136 e. The minimum Gasteiger partial charge on any atom is -0.487 e. The Balaban J connectivity index is 1.99. The largest absolute Gasteiger partial charge is 0.487 e. The summed E-state index contributed by atoms with van der Waals surface area (Å²) < 4.78 is 9.41. The third-order valence-electron chi connectivity index (χ3n) is 1.90. The molecule has 0 aliphatic carbocycles. The van der Waals surface area contributed by atoms with Gasteiger partial charge in [0.15, 0.2) is 0 Å². The van der Waals surface area contributed by atoms with E-state index in [0.717, 1.165) is 16.4 Å². The molecule has 0 saturated carbocycles. The van der Waals surface area contributed by atoms with Gasteiger partial charge in [0, 0.05) is 18.6 Å². The van der Waals surface area contributed by atoms with E-state index in [-0.39, 0.29) is 0 Å². The van der Waals surface area contributed by atoms with Gasteiger partial charge < -0.3 is 10.1 Å². The van der Waals surface area contributed by atoms with E-state index in [4.69, 9.17) is 4.74 Å². The Morgan fingerprint density at radius 3 is 2.87 bits per heavy atom. The normalized spacial score (nSPS) is 9.93. The SMILES string of the molecule is CNc1snnc1COc1ccccc1. The lowest BCUT2D eigenvalue weighted by Crippen LogP contribution is -1.99. The first kappa shape index (κ1) is 9.92. The molecule has 78 valence electrons. The number of para-hydroxylation sites is 1. The van der Waals surface area contributed by atoms with Crippen molar-refractivity contribution >= 4 is 16.5 Å². The molecule has 0 saturated heterocycles. The van der Waals surface area contributed by atoms with E-state index in [0.29, 0.717) is 6.61 Å². The molecule has 0 aliphatic heterocycles. The molecular formula is C10H11N3OS. The van der Waals surface area contributed by atoms with Crippen LogP contribution in [0.4, 0.5) is 5.00 Å². The summed E-state index contributed by atoms with van der Waals surface area (Å²) in [6, 6.07) is 9.66. The van der Waals surface area contributed by atoms with Crippen LogP contribution in [-0.4, -0.2) is 16.6 Å². The summed E-state index contributed by atoms with van der Waals surface area (Å²) in [4.78, 5) is 0. The highest BCUT2D eigenvalue weighted by Gasteiger charge is 2.06. The molecule has 2 rings (SSSR count). The van der Waals surface area contributed by atoms with Crippen molar-refractivity contribution in [3.8, 4) is 5.75 Å². The van der Waals surface area contributed by atoms with E-state index in [2.05, 4.69) is 14.9 Å². The molecule has 1 aromatic carbocycles. The second-order valence-corrected chi connectivity index (χ2v) is 3.65. The predicted octanol–water partition coefficient (Wildman–Crippen LogP) is 2.16. The van der Waals surface area contributed by atoms with Gasteiger partial charge in [0.1, 0.15) is 23.1 Å². The zero-order valence-electron chi connectivity index (χ0n) is 8.30. The zero-order chi connectivity index (χ0) is 10.5. The average Bonchev–Trinajstić information content (AvgIpc) is 2.75. The monoisotopic (exact) mass is 221 g/mol. The fourth-order valence-electron chi connectivity index (χ4n) is 1.16. The van der Waals surface area contributed by atoms with Crippen LogP contribution < -0.4 is 10.1 Å². The molecule has 0 amide bonds. The first-order valence-electron chi connectivity index (χ1n) is 4.57. The molecule has 1 N–H and O–H groups in total. The first-order valence-corrected chi connectivity index (χ1v) is 5.34. The van der Waals surface area contributed by atoms with Crippen molar-refractivity contribution in [2.75, 3.05) is 12.4 Å². The number of ether oxygens (including phenoxy) is 1. The van der Waals surface area contributed by atoms with Crippen LogP contribution in [0, 0.1) is 0 Å². The minimum atomic E-state index is 0.441. The van der Waals surface area contributed by atoms with Crippen molar-refractivity contribution in [3.63, 3.8) is 0 Å². The number of nitrogens with one attached hydrogen (secondary N) is 1. The summed E-state index contributed by atoms with van der Waals surface area (Å²) in [5.41, 5.74) is 0.839. The van der Waals surface area contributed by atoms with Gasteiger partial charge in [-0.3, -0.25) is 0 Å². The highest BCUT2D eigenvalue weighted by Crippen LogP contribution is 2.18. The number of aromatic nitrogens is 2. The standard InChI is InChI=1S/C10H11N3OS/c1-11-10-9(12-13-15-10)7-14-8-5-3-2-4-6-8/h2-6,11H,7H2,1H3. The van der Waals surface area contributed by atoms with E-state index in [1.165, 1.54) is 11.5 Å². The Bertz CT molecular complexity index is 416. The molecule has 0 fully saturated rings. The quantitative estimate of drug-likeness (QED) is 0.859. The van der Waals surface area contributed by atoms with Crippen molar-refractivity contribution in [1.82, 2.24) is 9.59 Å². The second-order valence-electron chi connectivity index (χ2n) is 2.90. The summed E-state index contributed by atoms with van der Waals surface area (Å²) in [6.07, 6.45) is 0. The summed E-state index contributed by atoms with van der Waals surface area (Å²) in [5, 5.41) is 7.96. The van der Waals surface area contributed by atoms with Gasteiger partial charge in [0.05, 0.1) is 0 Å². The van der Waals surface area contributed by atoms with E-state index in [1.54, 1.807) is 0 Å². The molecule has 0 atom stereocenters. The maximum atomic E-state index is 5.56. The molecular weight excluding hydrogens is 210 g/mol. The van der Waals surface area contributed by atoms with E-state index >= 15 is 0 Å². The molecule has 0 radical (unpaired) electrons. The Morgan fingerprint density at radius 2 is 2.13 bits per heavy atom. The van der Waals surface area contributed by atoms with Crippen molar-refractivity contribution in [2.24, 2.45) is 0 Å². The van der Waals surface area contributed by atoms with Crippen molar-refractivity contribution in [3.05, 3.63) is 36.0 Å². The molecule has 1 heterocycles. The number of anilines is 1. The second kappa shape index (κ2) is 4.75. The van der Waals surface area contributed by atoms with Crippen molar-refractivity contribution in [2.45, 2.75) is 6.61 Å². The lowest BCUT2D eigenvalue weighted by atomic mass is 10.3. The van der Waals surface area contributed by atoms with Crippen LogP contribution >= 0.6 is 11.5 Å². The first-order chi connectivity index (χ1) is 7.40. The minimum absolute atomic E-state index is 0.441. The van der Waals surface area contributed by atoms with Crippen LogP contribution in [0.5, 0.6) is 5.75 Å².